The molecule has 1 aliphatic heterocycles. The van der Waals surface area contributed by atoms with Gasteiger partial charge in [-0.3, -0.25) is 0 Å². The van der Waals surface area contributed by atoms with Crippen molar-refractivity contribution in [1.82, 2.24) is 10.2 Å². The van der Waals surface area contributed by atoms with Crippen LogP contribution in [0.2, 0.25) is 0 Å². The van der Waals surface area contributed by atoms with Gasteiger partial charge in [0.1, 0.15) is 5.75 Å². The molecule has 0 amide bonds. The molecule has 21 heavy (non-hydrogen) atoms. The van der Waals surface area contributed by atoms with Crippen LogP contribution in [0.25, 0.3) is 0 Å². The number of nitrogens with zero attached hydrogens (tertiary/aromatic N) is 1. The Morgan fingerprint density at radius 3 is 2.76 bits per heavy atom. The lowest BCUT2D eigenvalue weighted by molar-refractivity contribution is 0.162. The smallest absolute Gasteiger partial charge is 0.119 e. The van der Waals surface area contributed by atoms with E-state index in [0.29, 0.717) is 6.04 Å². The molecule has 0 radical (unpaired) electrons. The maximum absolute atomic E-state index is 5.28. The zero-order valence-corrected chi connectivity index (χ0v) is 13.8. The summed E-state index contributed by atoms with van der Waals surface area (Å²) in [6.07, 6.45) is 3.92. The molecule has 1 atom stereocenters. The maximum atomic E-state index is 5.28. The highest BCUT2D eigenvalue weighted by Crippen LogP contribution is 2.21. The lowest BCUT2D eigenvalue weighted by Gasteiger charge is -2.35. The fourth-order valence-corrected chi connectivity index (χ4v) is 3.22. The quantitative estimate of drug-likeness (QED) is 0.834. The van der Waals surface area contributed by atoms with Gasteiger partial charge in [0.2, 0.25) is 0 Å². The summed E-state index contributed by atoms with van der Waals surface area (Å²) in [5, 5.41) is 3.69. The first-order valence-electron chi connectivity index (χ1n) is 8.31. The van der Waals surface area contributed by atoms with E-state index >= 15 is 0 Å². The number of nitrogens with one attached hydrogen (secondary N) is 1. The molecule has 1 unspecified atom stereocenters. The van der Waals surface area contributed by atoms with Gasteiger partial charge in [-0.25, -0.2) is 0 Å². The third-order valence-corrected chi connectivity index (χ3v) is 4.64. The van der Waals surface area contributed by atoms with Crippen molar-refractivity contribution in [1.29, 1.82) is 0 Å². The van der Waals surface area contributed by atoms with Crippen LogP contribution in [0, 0.1) is 5.92 Å². The summed E-state index contributed by atoms with van der Waals surface area (Å²) in [5.74, 6) is 1.75. The summed E-state index contributed by atoms with van der Waals surface area (Å²) in [5.41, 5.74) is 1.30. The topological polar surface area (TPSA) is 24.5 Å². The van der Waals surface area contributed by atoms with Crippen molar-refractivity contribution in [3.05, 3.63) is 29.8 Å². The molecule has 0 aromatic heterocycles. The van der Waals surface area contributed by atoms with E-state index in [4.69, 9.17) is 4.74 Å². The minimum Gasteiger partial charge on any atom is -0.497 e. The van der Waals surface area contributed by atoms with Crippen molar-refractivity contribution in [2.24, 2.45) is 5.92 Å². The lowest BCUT2D eigenvalue weighted by Crippen LogP contribution is -2.41. The van der Waals surface area contributed by atoms with Gasteiger partial charge in [0, 0.05) is 12.6 Å². The SMILES string of the molecule is CCCN1CCC(C(C)NCc2cccc(OC)c2)CC1. The average molecular weight is 290 g/mol. The standard InChI is InChI=1S/C18H30N2O/c1-4-10-20-11-8-17(9-12-20)15(2)19-14-16-6-5-7-18(13-16)21-3/h5-7,13,15,17,19H,4,8-12,14H2,1-3H3. The normalized spacial score (nSPS) is 18.6. The average Bonchev–Trinajstić information content (AvgIpc) is 2.54. The molecule has 1 fully saturated rings. The van der Waals surface area contributed by atoms with Crippen LogP contribution in [0.5, 0.6) is 5.75 Å². The van der Waals surface area contributed by atoms with Crippen LogP contribution in [0.3, 0.4) is 0 Å². The molecular formula is C18H30N2O. The van der Waals surface area contributed by atoms with Gasteiger partial charge in [-0.2, -0.15) is 0 Å². The number of piperidine rings is 1. The second-order valence-electron chi connectivity index (χ2n) is 6.20. The van der Waals surface area contributed by atoms with Gasteiger partial charge in [0.05, 0.1) is 7.11 Å². The van der Waals surface area contributed by atoms with Crippen LogP contribution in [0.15, 0.2) is 24.3 Å². The number of rotatable bonds is 7. The Morgan fingerprint density at radius 1 is 1.33 bits per heavy atom. The first-order chi connectivity index (χ1) is 10.2. The van der Waals surface area contributed by atoms with E-state index in [-0.39, 0.29) is 0 Å². The molecule has 1 aliphatic rings. The third kappa shape index (κ3) is 5.01. The second-order valence-corrected chi connectivity index (χ2v) is 6.20. The predicted octanol–water partition coefficient (Wildman–Crippen LogP) is 3.30. The van der Waals surface area contributed by atoms with Crippen LogP contribution in [0.4, 0.5) is 0 Å². The van der Waals surface area contributed by atoms with E-state index in [2.05, 4.69) is 42.3 Å². The van der Waals surface area contributed by atoms with Gasteiger partial charge in [-0.15, -0.1) is 0 Å². The molecule has 2 rings (SSSR count). The van der Waals surface area contributed by atoms with Crippen LogP contribution in [-0.2, 0) is 6.54 Å². The van der Waals surface area contributed by atoms with Crippen molar-refractivity contribution >= 4 is 0 Å². The van der Waals surface area contributed by atoms with E-state index in [1.165, 1.54) is 44.5 Å². The van der Waals surface area contributed by atoms with E-state index in [0.717, 1.165) is 18.2 Å². The van der Waals surface area contributed by atoms with Crippen molar-refractivity contribution in [3.63, 3.8) is 0 Å². The predicted molar refractivity (Wildman–Crippen MR) is 88.8 cm³/mol. The zero-order valence-electron chi connectivity index (χ0n) is 13.8. The van der Waals surface area contributed by atoms with Gasteiger partial charge < -0.3 is 15.0 Å². The van der Waals surface area contributed by atoms with Crippen molar-refractivity contribution < 1.29 is 4.74 Å². The summed E-state index contributed by atoms with van der Waals surface area (Å²) in [6, 6.07) is 8.91. The van der Waals surface area contributed by atoms with Crippen LogP contribution in [-0.4, -0.2) is 37.7 Å². The molecular weight excluding hydrogens is 260 g/mol. The molecule has 3 heteroatoms. The Kier molecular flexibility index (Phi) is 6.52. The number of hydrogen-bond acceptors (Lipinski definition) is 3. The van der Waals surface area contributed by atoms with Crippen LogP contribution in [0.1, 0.15) is 38.7 Å². The molecule has 1 saturated heterocycles. The molecule has 0 saturated carbocycles. The summed E-state index contributed by atoms with van der Waals surface area (Å²) in [4.78, 5) is 2.60. The van der Waals surface area contributed by atoms with Gasteiger partial charge in [0.15, 0.2) is 0 Å². The Bertz CT molecular complexity index is 413. The molecule has 0 aliphatic carbocycles. The third-order valence-electron chi connectivity index (χ3n) is 4.64. The fraction of sp³-hybridized carbons (Fsp3) is 0.667. The van der Waals surface area contributed by atoms with Gasteiger partial charge in [-0.1, -0.05) is 19.1 Å². The summed E-state index contributed by atoms with van der Waals surface area (Å²) < 4.78 is 5.28. The monoisotopic (exact) mass is 290 g/mol. The number of methoxy groups -OCH3 is 1. The number of benzene rings is 1. The minimum absolute atomic E-state index is 0.583. The molecule has 1 aromatic rings. The Labute approximate surface area is 129 Å². The summed E-state index contributed by atoms with van der Waals surface area (Å²) in [7, 11) is 1.72. The second kappa shape index (κ2) is 8.40. The van der Waals surface area contributed by atoms with Crippen molar-refractivity contribution in [2.45, 2.75) is 45.7 Å². The molecule has 1 N–H and O–H groups in total. The highest BCUT2D eigenvalue weighted by molar-refractivity contribution is 5.28. The molecule has 118 valence electrons. The molecule has 0 bridgehead atoms. The van der Waals surface area contributed by atoms with E-state index in [1.54, 1.807) is 7.11 Å². The summed E-state index contributed by atoms with van der Waals surface area (Å²) in [6.45, 7) is 9.32. The Balaban J connectivity index is 1.75. The van der Waals surface area contributed by atoms with E-state index in [9.17, 15) is 0 Å². The van der Waals surface area contributed by atoms with Crippen LogP contribution < -0.4 is 10.1 Å². The molecule has 3 nitrogen and oxygen atoms in total. The molecule has 1 aromatic carbocycles. The largest absolute Gasteiger partial charge is 0.497 e. The Morgan fingerprint density at radius 2 is 2.10 bits per heavy atom. The summed E-state index contributed by atoms with van der Waals surface area (Å²) >= 11 is 0. The van der Waals surface area contributed by atoms with Gasteiger partial charge in [-0.05, 0) is 69.4 Å². The van der Waals surface area contributed by atoms with Crippen LogP contribution >= 0.6 is 0 Å². The number of likely N-dealkylation sites (tertiary alicyclic amines) is 1. The fourth-order valence-electron chi connectivity index (χ4n) is 3.22. The highest BCUT2D eigenvalue weighted by Gasteiger charge is 2.22. The number of hydrogen-bond donors (Lipinski definition) is 1. The van der Waals surface area contributed by atoms with Crippen molar-refractivity contribution in [3.8, 4) is 5.75 Å². The van der Waals surface area contributed by atoms with Gasteiger partial charge in [0.25, 0.3) is 0 Å². The van der Waals surface area contributed by atoms with Crippen molar-refractivity contribution in [2.75, 3.05) is 26.7 Å². The molecule has 0 spiro atoms. The first-order valence-corrected chi connectivity index (χ1v) is 8.31. The highest BCUT2D eigenvalue weighted by atomic mass is 16.5. The zero-order chi connectivity index (χ0) is 15.1. The lowest BCUT2D eigenvalue weighted by atomic mass is 9.90. The Hall–Kier alpha value is -1.06. The van der Waals surface area contributed by atoms with Gasteiger partial charge >= 0.3 is 0 Å². The first kappa shape index (κ1) is 16.3. The number of ether oxygens (including phenoxy) is 1. The van der Waals surface area contributed by atoms with E-state index in [1.807, 2.05) is 6.07 Å². The maximum Gasteiger partial charge on any atom is 0.119 e. The minimum atomic E-state index is 0.583. The molecule has 1 heterocycles. The van der Waals surface area contributed by atoms with E-state index < -0.39 is 0 Å².